The number of hydrogen-bond acceptors (Lipinski definition) is 3. The van der Waals surface area contributed by atoms with Crippen LogP contribution in [0.1, 0.15) is 19.3 Å². The van der Waals surface area contributed by atoms with Gasteiger partial charge >= 0.3 is 6.03 Å². The van der Waals surface area contributed by atoms with Crippen LogP contribution < -0.4 is 5.32 Å². The summed E-state index contributed by atoms with van der Waals surface area (Å²) in [5.41, 5.74) is 0. The Morgan fingerprint density at radius 2 is 2.13 bits per heavy atom. The van der Waals surface area contributed by atoms with Gasteiger partial charge in [-0.2, -0.15) is 0 Å². The second kappa shape index (κ2) is 4.18. The summed E-state index contributed by atoms with van der Waals surface area (Å²) in [5, 5.41) is 3.00. The minimum Gasteiger partial charge on any atom is -0.320 e. The van der Waals surface area contributed by atoms with Crippen molar-refractivity contribution in [1.29, 1.82) is 0 Å². The third-order valence-corrected chi connectivity index (χ3v) is 2.88. The highest BCUT2D eigenvalue weighted by Gasteiger charge is 2.43. The molecule has 15 heavy (non-hydrogen) atoms. The Morgan fingerprint density at radius 3 is 2.73 bits per heavy atom. The number of rotatable bonds is 5. The molecule has 0 radical (unpaired) electrons. The Kier molecular flexibility index (Phi) is 2.90. The highest BCUT2D eigenvalue weighted by atomic mass is 16.2. The molecule has 0 aromatic heterocycles. The van der Waals surface area contributed by atoms with Crippen molar-refractivity contribution in [2.45, 2.75) is 25.3 Å². The first-order valence-electron chi connectivity index (χ1n) is 5.49. The molecular weight excluding hydrogens is 194 g/mol. The minimum atomic E-state index is -0.0846. The molecule has 0 atom stereocenters. The first kappa shape index (κ1) is 10.4. The average molecular weight is 211 g/mol. The summed E-state index contributed by atoms with van der Waals surface area (Å²) >= 11 is 0. The Bertz CT molecular complexity index is 276. The first-order chi connectivity index (χ1) is 7.24. The lowest BCUT2D eigenvalue weighted by atomic mass is 10.4. The fourth-order valence-electron chi connectivity index (χ4n) is 1.87. The van der Waals surface area contributed by atoms with Gasteiger partial charge in [0.2, 0.25) is 5.91 Å². The van der Waals surface area contributed by atoms with E-state index in [-0.39, 0.29) is 11.9 Å². The van der Waals surface area contributed by atoms with Crippen LogP contribution in [0.3, 0.4) is 0 Å². The largest absolute Gasteiger partial charge is 0.327 e. The number of hydrogen-bond donors (Lipinski definition) is 1. The molecule has 2 rings (SSSR count). The molecule has 5 nitrogen and oxygen atoms in total. The lowest BCUT2D eigenvalue weighted by Crippen LogP contribution is -2.35. The van der Waals surface area contributed by atoms with Crippen LogP contribution in [0.5, 0.6) is 0 Å². The van der Waals surface area contributed by atoms with Crippen LogP contribution in [0.15, 0.2) is 0 Å². The molecule has 2 aliphatic rings. The topological polar surface area (TPSA) is 52.7 Å². The number of nitrogens with one attached hydrogen (secondary N) is 1. The normalized spacial score (nSPS) is 21.7. The summed E-state index contributed by atoms with van der Waals surface area (Å²) in [5.74, 6) is -0.0389. The van der Waals surface area contributed by atoms with E-state index in [1.165, 1.54) is 4.90 Å². The van der Waals surface area contributed by atoms with Crippen molar-refractivity contribution < 1.29 is 9.59 Å². The Balaban J connectivity index is 1.88. The monoisotopic (exact) mass is 211 g/mol. The van der Waals surface area contributed by atoms with Crippen molar-refractivity contribution in [2.24, 2.45) is 0 Å². The maximum Gasteiger partial charge on any atom is 0.327 e. The molecule has 84 valence electrons. The molecule has 1 heterocycles. The highest BCUT2D eigenvalue weighted by molar-refractivity contribution is 6.02. The predicted octanol–water partition coefficient (Wildman–Crippen LogP) is 0.0225. The number of urea groups is 1. The van der Waals surface area contributed by atoms with Gasteiger partial charge in [0.15, 0.2) is 0 Å². The number of carbonyl (C=O) groups excluding carboxylic acids is 2. The van der Waals surface area contributed by atoms with E-state index in [4.69, 9.17) is 0 Å². The van der Waals surface area contributed by atoms with Crippen molar-refractivity contribution >= 4 is 11.9 Å². The standard InChI is InChI=1S/C10H17N3O2/c1-11-5-2-6-12-9(14)7-13(10(12)15)8-3-4-8/h8,11H,2-7H2,1H3. The smallest absolute Gasteiger partial charge is 0.320 e. The number of nitrogens with zero attached hydrogens (tertiary/aromatic N) is 2. The summed E-state index contributed by atoms with van der Waals surface area (Å²) in [6.07, 6.45) is 2.94. The van der Waals surface area contributed by atoms with Crippen molar-refractivity contribution in [3.8, 4) is 0 Å². The van der Waals surface area contributed by atoms with Gasteiger partial charge in [-0.05, 0) is 32.9 Å². The fraction of sp³-hybridized carbons (Fsp3) is 0.800. The van der Waals surface area contributed by atoms with Crippen molar-refractivity contribution in [2.75, 3.05) is 26.7 Å². The van der Waals surface area contributed by atoms with E-state index in [1.54, 1.807) is 4.90 Å². The van der Waals surface area contributed by atoms with E-state index in [1.807, 2.05) is 7.05 Å². The van der Waals surface area contributed by atoms with Gasteiger partial charge < -0.3 is 10.2 Å². The van der Waals surface area contributed by atoms with Crippen LogP contribution in [0.25, 0.3) is 0 Å². The third kappa shape index (κ3) is 2.12. The van der Waals surface area contributed by atoms with Crippen LogP contribution in [0.4, 0.5) is 4.79 Å². The lowest BCUT2D eigenvalue weighted by Gasteiger charge is -2.16. The maximum atomic E-state index is 11.8. The molecule has 1 aliphatic carbocycles. The lowest BCUT2D eigenvalue weighted by molar-refractivity contribution is -0.125. The van der Waals surface area contributed by atoms with Crippen molar-refractivity contribution in [3.63, 3.8) is 0 Å². The Morgan fingerprint density at radius 1 is 1.40 bits per heavy atom. The molecule has 5 heteroatoms. The Labute approximate surface area is 89.4 Å². The first-order valence-corrected chi connectivity index (χ1v) is 5.49. The molecule has 0 bridgehead atoms. The van der Waals surface area contributed by atoms with Crippen LogP contribution in [0, 0.1) is 0 Å². The summed E-state index contributed by atoms with van der Waals surface area (Å²) in [7, 11) is 1.87. The van der Waals surface area contributed by atoms with Gasteiger partial charge in [0, 0.05) is 12.6 Å². The van der Waals surface area contributed by atoms with E-state index in [0.29, 0.717) is 19.1 Å². The molecule has 2 fully saturated rings. The fourth-order valence-corrected chi connectivity index (χ4v) is 1.87. The van der Waals surface area contributed by atoms with Gasteiger partial charge in [-0.1, -0.05) is 0 Å². The van der Waals surface area contributed by atoms with E-state index < -0.39 is 0 Å². The van der Waals surface area contributed by atoms with Crippen LogP contribution in [0.2, 0.25) is 0 Å². The Hall–Kier alpha value is -1.10. The van der Waals surface area contributed by atoms with Crippen molar-refractivity contribution in [3.05, 3.63) is 0 Å². The zero-order valence-electron chi connectivity index (χ0n) is 9.03. The van der Waals surface area contributed by atoms with E-state index >= 15 is 0 Å². The van der Waals surface area contributed by atoms with Gasteiger partial charge in [-0.25, -0.2) is 4.79 Å². The SMILES string of the molecule is CNCCCN1C(=O)CN(C2CC2)C1=O. The zero-order valence-corrected chi connectivity index (χ0v) is 9.03. The van der Waals surface area contributed by atoms with Crippen LogP contribution in [-0.4, -0.2) is 54.5 Å². The third-order valence-electron chi connectivity index (χ3n) is 2.88. The van der Waals surface area contributed by atoms with Gasteiger partial charge in [0.05, 0.1) is 0 Å². The molecule has 0 aromatic carbocycles. The molecule has 0 spiro atoms. The van der Waals surface area contributed by atoms with E-state index in [9.17, 15) is 9.59 Å². The highest BCUT2D eigenvalue weighted by Crippen LogP contribution is 2.30. The average Bonchev–Trinajstić information content (AvgIpc) is 3.00. The molecule has 1 aliphatic heterocycles. The number of amides is 3. The second-order valence-electron chi connectivity index (χ2n) is 4.14. The maximum absolute atomic E-state index is 11.8. The molecule has 1 saturated carbocycles. The molecule has 1 N–H and O–H groups in total. The molecule has 0 unspecified atom stereocenters. The van der Waals surface area contributed by atoms with E-state index in [2.05, 4.69) is 5.32 Å². The summed E-state index contributed by atoms with van der Waals surface area (Å²) in [6, 6.07) is 0.259. The predicted molar refractivity (Wildman–Crippen MR) is 55.4 cm³/mol. The zero-order chi connectivity index (χ0) is 10.8. The molecule has 1 saturated heterocycles. The minimum absolute atomic E-state index is 0.0389. The van der Waals surface area contributed by atoms with E-state index in [0.717, 1.165) is 25.8 Å². The van der Waals surface area contributed by atoms with Gasteiger partial charge in [-0.3, -0.25) is 9.69 Å². The number of carbonyl (C=O) groups is 2. The summed E-state index contributed by atoms with van der Waals surface area (Å²) in [6.45, 7) is 1.67. The summed E-state index contributed by atoms with van der Waals surface area (Å²) in [4.78, 5) is 26.5. The van der Waals surface area contributed by atoms with Crippen molar-refractivity contribution in [1.82, 2.24) is 15.1 Å². The van der Waals surface area contributed by atoms with Gasteiger partial charge in [0.25, 0.3) is 0 Å². The van der Waals surface area contributed by atoms with Crippen LogP contribution in [-0.2, 0) is 4.79 Å². The molecule has 0 aromatic rings. The molecular formula is C10H17N3O2. The van der Waals surface area contributed by atoms with Gasteiger partial charge in [0.1, 0.15) is 6.54 Å². The van der Waals surface area contributed by atoms with Gasteiger partial charge in [-0.15, -0.1) is 0 Å². The molecule has 3 amide bonds. The second-order valence-corrected chi connectivity index (χ2v) is 4.14. The quantitative estimate of drug-likeness (QED) is 0.515. The van der Waals surface area contributed by atoms with Crippen LogP contribution >= 0.6 is 0 Å². The number of imide groups is 1. The summed E-state index contributed by atoms with van der Waals surface area (Å²) < 4.78 is 0.